The van der Waals surface area contributed by atoms with Gasteiger partial charge in [0.15, 0.2) is 5.78 Å². The molecule has 2 aliphatic heterocycles. The fourth-order valence-electron chi connectivity index (χ4n) is 5.52. The van der Waals surface area contributed by atoms with Gasteiger partial charge in [-0.25, -0.2) is 18.9 Å². The Morgan fingerprint density at radius 1 is 0.952 bits per heavy atom. The lowest BCUT2D eigenvalue weighted by molar-refractivity contribution is -0.275. The summed E-state index contributed by atoms with van der Waals surface area (Å²) in [4.78, 5) is 54.8. The Hall–Kier alpha value is -4.02. The predicted octanol–water partition coefficient (Wildman–Crippen LogP) is 5.29. The Morgan fingerprint density at radius 2 is 1.62 bits per heavy atom. The first-order valence-electron chi connectivity index (χ1n) is 13.8. The molecule has 8 nitrogen and oxygen atoms in total. The summed E-state index contributed by atoms with van der Waals surface area (Å²) in [5.41, 5.74) is -0.223. The highest BCUT2D eigenvalue weighted by Crippen LogP contribution is 2.50. The molecular formula is C32H30FNO7S. The van der Waals surface area contributed by atoms with Crippen LogP contribution in [0.15, 0.2) is 88.7 Å². The number of ether oxygens (including phenoxy) is 3. The lowest BCUT2D eigenvalue weighted by Crippen LogP contribution is -2.62. The van der Waals surface area contributed by atoms with Crippen LogP contribution < -0.4 is 0 Å². The van der Waals surface area contributed by atoms with Crippen LogP contribution in [0.2, 0.25) is 0 Å². The van der Waals surface area contributed by atoms with Crippen LogP contribution in [0.3, 0.4) is 0 Å². The van der Waals surface area contributed by atoms with E-state index in [1.165, 1.54) is 36.0 Å². The molecule has 42 heavy (non-hydrogen) atoms. The maximum atomic E-state index is 13.8. The first kappa shape index (κ1) is 29.5. The molecule has 10 heteroatoms. The molecule has 3 aromatic carbocycles. The molecule has 0 saturated carbocycles. The molecule has 0 aliphatic carbocycles. The van der Waals surface area contributed by atoms with Gasteiger partial charge in [-0.05, 0) is 67.8 Å². The quantitative estimate of drug-likeness (QED) is 0.177. The van der Waals surface area contributed by atoms with Crippen molar-refractivity contribution in [1.29, 1.82) is 0 Å². The molecule has 0 N–H and O–H groups in total. The zero-order valence-electron chi connectivity index (χ0n) is 23.0. The van der Waals surface area contributed by atoms with E-state index in [2.05, 4.69) is 0 Å². The largest absolute Gasteiger partial charge is 0.465 e. The first-order valence-corrected chi connectivity index (χ1v) is 14.6. The van der Waals surface area contributed by atoms with Gasteiger partial charge in [0.25, 0.3) is 0 Å². The number of piperidine rings is 1. The van der Waals surface area contributed by atoms with Crippen LogP contribution in [-0.4, -0.2) is 54.2 Å². The molecule has 0 radical (unpaired) electrons. The molecule has 2 saturated heterocycles. The molecule has 1 atom stereocenters. The molecule has 3 aromatic rings. The second-order valence-corrected chi connectivity index (χ2v) is 11.3. The monoisotopic (exact) mass is 591 g/mol. The molecule has 218 valence electrons. The van der Waals surface area contributed by atoms with Gasteiger partial charge < -0.3 is 14.2 Å². The average Bonchev–Trinajstić information content (AvgIpc) is 3.27. The zero-order chi connectivity index (χ0) is 29.7. The summed E-state index contributed by atoms with van der Waals surface area (Å²) < 4.78 is 30.1. The van der Waals surface area contributed by atoms with Crippen LogP contribution in [0.4, 0.5) is 4.39 Å². The number of carbonyl (C=O) groups is 4. The van der Waals surface area contributed by atoms with Crippen LogP contribution in [-0.2, 0) is 34.0 Å². The van der Waals surface area contributed by atoms with E-state index in [1.54, 1.807) is 11.8 Å². The number of ketones is 1. The highest BCUT2D eigenvalue weighted by atomic mass is 32.2. The van der Waals surface area contributed by atoms with E-state index < -0.39 is 35.1 Å². The van der Waals surface area contributed by atoms with Gasteiger partial charge >= 0.3 is 23.8 Å². The Kier molecular flexibility index (Phi) is 8.74. The van der Waals surface area contributed by atoms with E-state index in [0.717, 1.165) is 9.79 Å². The summed E-state index contributed by atoms with van der Waals surface area (Å²) >= 11 is 1.49. The summed E-state index contributed by atoms with van der Waals surface area (Å²) in [6, 6.07) is 22.5. The van der Waals surface area contributed by atoms with E-state index in [0.29, 0.717) is 24.0 Å². The third kappa shape index (κ3) is 5.96. The van der Waals surface area contributed by atoms with Crippen LogP contribution in [0, 0.1) is 5.82 Å². The van der Waals surface area contributed by atoms with Gasteiger partial charge in [0.2, 0.25) is 0 Å². The molecule has 1 spiro atoms. The maximum absolute atomic E-state index is 13.8. The third-order valence-electron chi connectivity index (χ3n) is 7.52. The molecule has 1 unspecified atom stereocenters. The van der Waals surface area contributed by atoms with Crippen molar-refractivity contribution in [2.45, 2.75) is 53.7 Å². The molecule has 2 aliphatic rings. The number of rotatable bonds is 10. The number of hydrogen-bond acceptors (Lipinski definition) is 9. The summed E-state index contributed by atoms with van der Waals surface area (Å²) in [5, 5.41) is 0. The third-order valence-corrected chi connectivity index (χ3v) is 8.61. The number of benzene rings is 3. The van der Waals surface area contributed by atoms with E-state index in [1.807, 2.05) is 54.6 Å². The lowest BCUT2D eigenvalue weighted by atomic mass is 9.71. The van der Waals surface area contributed by atoms with E-state index in [4.69, 9.17) is 14.2 Å². The zero-order valence-corrected chi connectivity index (χ0v) is 23.9. The molecular weight excluding hydrogens is 561 g/mol. The van der Waals surface area contributed by atoms with E-state index in [9.17, 15) is 23.6 Å². The standard InChI is InChI=1S/C32H30FNO7S/c1-2-39-30(38)31(25-11-6-7-13-27(25)42-24-9-4-3-5-10-24)18-20-34(32(21-31)40-28(36)29(37)41-32)19-8-12-26(35)22-14-16-23(33)17-15-22/h3-7,9-11,13-17H,2,8,12,18-21H2,1H3. The number of carbonyl (C=O) groups excluding carboxylic acids is 4. The summed E-state index contributed by atoms with van der Waals surface area (Å²) in [6.45, 7) is 2.31. The highest BCUT2D eigenvalue weighted by molar-refractivity contribution is 7.99. The Labute approximate surface area is 247 Å². The maximum Gasteiger partial charge on any atom is 0.421 e. The Balaban J connectivity index is 1.44. The molecule has 5 rings (SSSR count). The number of hydrogen-bond donors (Lipinski definition) is 0. The minimum Gasteiger partial charge on any atom is -0.465 e. The van der Waals surface area contributed by atoms with E-state index >= 15 is 0 Å². The summed E-state index contributed by atoms with van der Waals surface area (Å²) in [6.07, 6.45) is 0.606. The Morgan fingerprint density at radius 3 is 2.31 bits per heavy atom. The van der Waals surface area contributed by atoms with Crippen molar-refractivity contribution in [3.8, 4) is 0 Å². The van der Waals surface area contributed by atoms with Crippen molar-refractivity contribution < 1.29 is 37.8 Å². The summed E-state index contributed by atoms with van der Waals surface area (Å²) in [7, 11) is 0. The van der Waals surface area contributed by atoms with Gasteiger partial charge in [0.1, 0.15) is 11.2 Å². The number of esters is 3. The van der Waals surface area contributed by atoms with Gasteiger partial charge in [-0.3, -0.25) is 9.59 Å². The van der Waals surface area contributed by atoms with Crippen molar-refractivity contribution in [3.05, 3.63) is 95.8 Å². The SMILES string of the molecule is CCOC(=O)C1(c2ccccc2Sc2ccccc2)CCN(CCCC(=O)c2ccc(F)cc2)C2(C1)OC(=O)C(=O)O2. The molecule has 0 bridgehead atoms. The second-order valence-electron chi connectivity index (χ2n) is 10.2. The topological polar surface area (TPSA) is 99.2 Å². The van der Waals surface area contributed by atoms with Gasteiger partial charge in [0.05, 0.1) is 13.0 Å². The molecule has 0 aromatic heterocycles. The summed E-state index contributed by atoms with van der Waals surface area (Å²) in [5.74, 6) is -5.24. The van der Waals surface area contributed by atoms with E-state index in [-0.39, 0.29) is 38.3 Å². The molecule has 2 heterocycles. The number of likely N-dealkylation sites (tertiary alicyclic amines) is 1. The van der Waals surface area contributed by atoms with Crippen molar-refractivity contribution in [2.75, 3.05) is 19.7 Å². The van der Waals surface area contributed by atoms with Gasteiger partial charge in [-0.15, -0.1) is 0 Å². The van der Waals surface area contributed by atoms with Crippen molar-refractivity contribution >= 4 is 35.5 Å². The minimum absolute atomic E-state index is 0.135. The smallest absolute Gasteiger partial charge is 0.421 e. The van der Waals surface area contributed by atoms with Gasteiger partial charge in [0, 0.05) is 34.9 Å². The fourth-order valence-corrected chi connectivity index (χ4v) is 6.58. The number of Topliss-reactive ketones (excluding diaryl/α,β-unsaturated/α-hetero) is 1. The van der Waals surface area contributed by atoms with Crippen molar-refractivity contribution in [3.63, 3.8) is 0 Å². The molecule has 2 fully saturated rings. The van der Waals surface area contributed by atoms with Crippen LogP contribution in [0.1, 0.15) is 48.5 Å². The highest BCUT2D eigenvalue weighted by Gasteiger charge is 2.63. The van der Waals surface area contributed by atoms with Crippen molar-refractivity contribution in [1.82, 2.24) is 4.90 Å². The minimum atomic E-state index is -1.84. The van der Waals surface area contributed by atoms with Gasteiger partial charge in [-0.2, -0.15) is 0 Å². The lowest BCUT2D eigenvalue weighted by Gasteiger charge is -2.48. The average molecular weight is 592 g/mol. The van der Waals surface area contributed by atoms with Crippen molar-refractivity contribution in [2.24, 2.45) is 0 Å². The van der Waals surface area contributed by atoms with Crippen LogP contribution in [0.25, 0.3) is 0 Å². The predicted molar refractivity (Wildman–Crippen MR) is 151 cm³/mol. The normalized spacial score (nSPS) is 19.8. The first-order chi connectivity index (χ1) is 20.3. The second kappa shape index (κ2) is 12.5. The number of halogens is 1. The van der Waals surface area contributed by atoms with Crippen LogP contribution in [0.5, 0.6) is 0 Å². The van der Waals surface area contributed by atoms with Gasteiger partial charge in [-0.1, -0.05) is 48.2 Å². The molecule has 0 amide bonds. The number of nitrogens with zero attached hydrogens (tertiary/aromatic N) is 1. The fraction of sp³-hybridized carbons (Fsp3) is 0.312. The Bertz CT molecular complexity index is 1460. The van der Waals surface area contributed by atoms with Crippen LogP contribution >= 0.6 is 11.8 Å².